The number of hydrogen-bond donors (Lipinski definition) is 3. The van der Waals surface area contributed by atoms with Crippen LogP contribution >= 0.6 is 23.2 Å². The van der Waals surface area contributed by atoms with Crippen molar-refractivity contribution >= 4 is 52.3 Å². The molecule has 0 aliphatic carbocycles. The van der Waals surface area contributed by atoms with Gasteiger partial charge in [-0.25, -0.2) is 0 Å². The molecule has 0 aromatic heterocycles. The fraction of sp³-hybridized carbons (Fsp3) is 0.0625. The molecule has 8 heteroatoms. The summed E-state index contributed by atoms with van der Waals surface area (Å²) in [6.45, 7) is -0.331. The van der Waals surface area contributed by atoms with E-state index in [9.17, 15) is 14.4 Å². The van der Waals surface area contributed by atoms with E-state index in [1.54, 1.807) is 24.3 Å². The minimum Gasteiger partial charge on any atom is -0.339 e. The summed E-state index contributed by atoms with van der Waals surface area (Å²) in [6, 6.07) is 13.2. The summed E-state index contributed by atoms with van der Waals surface area (Å²) in [7, 11) is 0. The molecule has 0 saturated heterocycles. The van der Waals surface area contributed by atoms with E-state index in [1.807, 2.05) is 6.07 Å². The van der Waals surface area contributed by atoms with E-state index < -0.39 is 17.7 Å². The maximum atomic E-state index is 11.7. The Labute approximate surface area is 148 Å². The van der Waals surface area contributed by atoms with Gasteiger partial charge in [0.2, 0.25) is 5.91 Å². The molecular formula is C16H13Cl2N3O3. The van der Waals surface area contributed by atoms with E-state index in [4.69, 9.17) is 23.2 Å². The van der Waals surface area contributed by atoms with Crippen molar-refractivity contribution in [1.29, 1.82) is 0 Å². The lowest BCUT2D eigenvalue weighted by atomic mass is 10.3. The third kappa shape index (κ3) is 5.26. The first-order valence-corrected chi connectivity index (χ1v) is 7.60. The van der Waals surface area contributed by atoms with Gasteiger partial charge in [-0.1, -0.05) is 41.4 Å². The van der Waals surface area contributed by atoms with Crippen LogP contribution in [0.2, 0.25) is 10.0 Å². The van der Waals surface area contributed by atoms with Crippen LogP contribution in [-0.4, -0.2) is 24.3 Å². The summed E-state index contributed by atoms with van der Waals surface area (Å²) in [6.07, 6.45) is 0. The van der Waals surface area contributed by atoms with E-state index in [-0.39, 0.29) is 11.6 Å². The zero-order valence-corrected chi connectivity index (χ0v) is 13.8. The minimum atomic E-state index is -0.940. The first-order chi connectivity index (χ1) is 11.5. The van der Waals surface area contributed by atoms with Crippen molar-refractivity contribution in [2.24, 2.45) is 0 Å². The Bertz CT molecular complexity index is 766. The van der Waals surface area contributed by atoms with Crippen molar-refractivity contribution in [3.63, 3.8) is 0 Å². The van der Waals surface area contributed by atoms with Crippen LogP contribution in [0.4, 0.5) is 11.4 Å². The highest BCUT2D eigenvalue weighted by Gasteiger charge is 2.15. The largest absolute Gasteiger partial charge is 0.339 e. The number of amides is 3. The third-order valence-electron chi connectivity index (χ3n) is 2.85. The fourth-order valence-electron chi connectivity index (χ4n) is 1.73. The molecule has 3 amide bonds. The van der Waals surface area contributed by atoms with Crippen LogP contribution in [0.15, 0.2) is 48.5 Å². The zero-order valence-electron chi connectivity index (χ0n) is 12.3. The second kappa shape index (κ2) is 8.33. The van der Waals surface area contributed by atoms with Crippen molar-refractivity contribution in [3.05, 3.63) is 58.6 Å². The number of anilines is 2. The zero-order chi connectivity index (χ0) is 17.5. The molecule has 3 N–H and O–H groups in total. The highest BCUT2D eigenvalue weighted by atomic mass is 35.5. The predicted octanol–water partition coefficient (Wildman–Crippen LogP) is 2.69. The maximum absolute atomic E-state index is 11.7. The van der Waals surface area contributed by atoms with Crippen LogP contribution in [0, 0.1) is 0 Å². The van der Waals surface area contributed by atoms with Gasteiger partial charge in [-0.2, -0.15) is 0 Å². The lowest BCUT2D eigenvalue weighted by Gasteiger charge is -2.08. The molecule has 0 aliphatic heterocycles. The number of benzene rings is 2. The second-order valence-corrected chi connectivity index (χ2v) is 5.49. The van der Waals surface area contributed by atoms with Crippen LogP contribution in [0.3, 0.4) is 0 Å². The van der Waals surface area contributed by atoms with Crippen LogP contribution in [-0.2, 0) is 14.4 Å². The molecule has 6 nitrogen and oxygen atoms in total. The number of para-hydroxylation sites is 1. The lowest BCUT2D eigenvalue weighted by molar-refractivity contribution is -0.136. The molecule has 0 aliphatic rings. The van der Waals surface area contributed by atoms with Crippen molar-refractivity contribution in [2.75, 3.05) is 17.2 Å². The number of carbonyl (C=O) groups is 3. The van der Waals surface area contributed by atoms with Gasteiger partial charge >= 0.3 is 11.8 Å². The van der Waals surface area contributed by atoms with E-state index in [0.717, 1.165) is 0 Å². The van der Waals surface area contributed by atoms with Crippen molar-refractivity contribution < 1.29 is 14.4 Å². The van der Waals surface area contributed by atoms with Gasteiger partial charge < -0.3 is 16.0 Å². The Balaban J connectivity index is 1.82. The molecule has 0 unspecified atom stereocenters. The molecule has 124 valence electrons. The van der Waals surface area contributed by atoms with E-state index in [1.165, 1.54) is 18.2 Å². The van der Waals surface area contributed by atoms with Gasteiger partial charge in [-0.3, -0.25) is 14.4 Å². The first-order valence-electron chi connectivity index (χ1n) is 6.85. The van der Waals surface area contributed by atoms with E-state index in [2.05, 4.69) is 16.0 Å². The lowest BCUT2D eigenvalue weighted by Crippen LogP contribution is -2.39. The highest BCUT2D eigenvalue weighted by molar-refractivity contribution is 6.43. The van der Waals surface area contributed by atoms with E-state index >= 15 is 0 Å². The molecule has 0 spiro atoms. The van der Waals surface area contributed by atoms with Crippen molar-refractivity contribution in [1.82, 2.24) is 5.32 Å². The molecule has 0 radical (unpaired) electrons. The Hall–Kier alpha value is -2.57. The SMILES string of the molecule is O=C(CNC(=O)C(=O)Nc1ccc(Cl)c(Cl)c1)Nc1ccccc1. The molecule has 0 atom stereocenters. The topological polar surface area (TPSA) is 87.3 Å². The summed E-state index contributed by atoms with van der Waals surface area (Å²) in [5, 5.41) is 7.74. The Morgan fingerprint density at radius 3 is 2.17 bits per heavy atom. The number of nitrogens with one attached hydrogen (secondary N) is 3. The number of hydrogen-bond acceptors (Lipinski definition) is 3. The van der Waals surface area contributed by atoms with Gasteiger partial charge in [0.15, 0.2) is 0 Å². The van der Waals surface area contributed by atoms with E-state index in [0.29, 0.717) is 16.4 Å². The predicted molar refractivity (Wildman–Crippen MR) is 93.2 cm³/mol. The molecule has 2 rings (SSSR count). The summed E-state index contributed by atoms with van der Waals surface area (Å²) in [4.78, 5) is 35.1. The smallest absolute Gasteiger partial charge is 0.313 e. The standard InChI is InChI=1S/C16H13Cl2N3O3/c17-12-7-6-11(8-13(12)18)21-16(24)15(23)19-9-14(22)20-10-4-2-1-3-5-10/h1-8H,9H2,(H,19,23)(H,20,22)(H,21,24). The van der Waals surface area contributed by atoms with Gasteiger partial charge in [0, 0.05) is 11.4 Å². The first kappa shape index (κ1) is 17.8. The van der Waals surface area contributed by atoms with Crippen LogP contribution in [0.1, 0.15) is 0 Å². The van der Waals surface area contributed by atoms with Crippen LogP contribution in [0.5, 0.6) is 0 Å². The Morgan fingerprint density at radius 1 is 0.792 bits per heavy atom. The summed E-state index contributed by atoms with van der Waals surface area (Å²) in [5.41, 5.74) is 0.912. The van der Waals surface area contributed by atoms with Crippen LogP contribution in [0.25, 0.3) is 0 Å². The molecule has 0 heterocycles. The average molecular weight is 366 g/mol. The van der Waals surface area contributed by atoms with Gasteiger partial charge in [0.1, 0.15) is 0 Å². The van der Waals surface area contributed by atoms with Gasteiger partial charge in [0.25, 0.3) is 0 Å². The molecule has 0 bridgehead atoms. The summed E-state index contributed by atoms with van der Waals surface area (Å²) in [5.74, 6) is -2.30. The maximum Gasteiger partial charge on any atom is 0.313 e. The number of carbonyl (C=O) groups excluding carboxylic acids is 3. The average Bonchev–Trinajstić information content (AvgIpc) is 2.57. The minimum absolute atomic E-state index is 0.247. The molecular weight excluding hydrogens is 353 g/mol. The number of halogens is 2. The van der Waals surface area contributed by atoms with Gasteiger partial charge in [0.05, 0.1) is 16.6 Å². The fourth-order valence-corrected chi connectivity index (χ4v) is 2.03. The molecule has 0 fully saturated rings. The monoisotopic (exact) mass is 365 g/mol. The quantitative estimate of drug-likeness (QED) is 0.727. The summed E-state index contributed by atoms with van der Waals surface area (Å²) >= 11 is 11.6. The summed E-state index contributed by atoms with van der Waals surface area (Å²) < 4.78 is 0. The van der Waals surface area contributed by atoms with Gasteiger partial charge in [-0.15, -0.1) is 0 Å². The van der Waals surface area contributed by atoms with Crippen LogP contribution < -0.4 is 16.0 Å². The molecule has 2 aromatic carbocycles. The molecule has 0 saturated carbocycles. The second-order valence-electron chi connectivity index (χ2n) is 4.68. The molecule has 24 heavy (non-hydrogen) atoms. The normalized spacial score (nSPS) is 9.92. The Kier molecular flexibility index (Phi) is 6.17. The molecule has 2 aromatic rings. The highest BCUT2D eigenvalue weighted by Crippen LogP contribution is 2.24. The van der Waals surface area contributed by atoms with Crippen molar-refractivity contribution in [3.8, 4) is 0 Å². The third-order valence-corrected chi connectivity index (χ3v) is 3.59. The van der Waals surface area contributed by atoms with Crippen molar-refractivity contribution in [2.45, 2.75) is 0 Å². The Morgan fingerprint density at radius 2 is 1.50 bits per heavy atom. The van der Waals surface area contributed by atoms with Gasteiger partial charge in [-0.05, 0) is 30.3 Å². The number of rotatable bonds is 4.